The first-order chi connectivity index (χ1) is 16.7. The van der Waals surface area contributed by atoms with Crippen LogP contribution in [0.4, 0.5) is 5.69 Å². The Labute approximate surface area is 210 Å². The van der Waals surface area contributed by atoms with E-state index < -0.39 is 0 Å². The zero-order valence-corrected chi connectivity index (χ0v) is 21.5. The van der Waals surface area contributed by atoms with Gasteiger partial charge in [0.25, 0.3) is 0 Å². The van der Waals surface area contributed by atoms with Crippen molar-refractivity contribution in [1.29, 1.82) is 0 Å². The minimum atomic E-state index is -0.0109. The molecule has 1 aromatic heterocycles. The first-order valence-corrected chi connectivity index (χ1v) is 12.7. The number of thioether (sulfide) groups is 1. The summed E-state index contributed by atoms with van der Waals surface area (Å²) in [5.41, 5.74) is 3.60. The van der Waals surface area contributed by atoms with E-state index in [0.717, 1.165) is 53.2 Å². The second kappa shape index (κ2) is 10.6. The van der Waals surface area contributed by atoms with Gasteiger partial charge in [-0.3, -0.25) is 9.59 Å². The van der Waals surface area contributed by atoms with Gasteiger partial charge in [-0.2, -0.15) is 5.21 Å². The molecule has 8 nitrogen and oxygen atoms in total. The molecule has 184 valence electrons. The average Bonchev–Trinajstić information content (AvgIpc) is 3.34. The van der Waals surface area contributed by atoms with Gasteiger partial charge in [0.2, 0.25) is 17.6 Å². The average molecular weight is 493 g/mol. The molecule has 0 atom stereocenters. The summed E-state index contributed by atoms with van der Waals surface area (Å²) in [6.45, 7) is 9.52. The Hall–Kier alpha value is -3.20. The summed E-state index contributed by atoms with van der Waals surface area (Å²) in [4.78, 5) is 27.6. The summed E-state index contributed by atoms with van der Waals surface area (Å²) in [5.74, 6) is 0.919. The van der Waals surface area contributed by atoms with Crippen molar-refractivity contribution >= 4 is 29.3 Å². The van der Waals surface area contributed by atoms with Gasteiger partial charge < -0.3 is 10.2 Å². The van der Waals surface area contributed by atoms with Gasteiger partial charge in [-0.15, -0.1) is 22.0 Å². The lowest BCUT2D eigenvalue weighted by Gasteiger charge is -2.31. The van der Waals surface area contributed by atoms with Crippen molar-refractivity contribution in [1.82, 2.24) is 25.5 Å². The first kappa shape index (κ1) is 24.9. The Morgan fingerprint density at radius 2 is 1.83 bits per heavy atom. The number of anilines is 1. The number of hydrogen-bond acceptors (Lipinski definition) is 6. The van der Waals surface area contributed by atoms with Crippen molar-refractivity contribution in [3.63, 3.8) is 0 Å². The molecule has 0 aliphatic carbocycles. The Bertz CT molecular complexity index is 1180. The van der Waals surface area contributed by atoms with Crippen LogP contribution in [0.1, 0.15) is 47.0 Å². The van der Waals surface area contributed by atoms with Gasteiger partial charge in [0, 0.05) is 41.6 Å². The van der Waals surface area contributed by atoms with Crippen LogP contribution >= 0.6 is 11.8 Å². The van der Waals surface area contributed by atoms with Gasteiger partial charge in [-0.25, -0.2) is 0 Å². The molecule has 2 amide bonds. The third-order valence-corrected chi connectivity index (χ3v) is 7.22. The number of hydrogen-bond donors (Lipinski definition) is 2. The summed E-state index contributed by atoms with van der Waals surface area (Å²) < 4.78 is -0.0109. The zero-order valence-electron chi connectivity index (χ0n) is 20.7. The van der Waals surface area contributed by atoms with Crippen LogP contribution in [0.2, 0.25) is 0 Å². The highest BCUT2D eigenvalue weighted by Crippen LogP contribution is 2.40. The number of carbonyl (C=O) groups is 2. The molecule has 4 rings (SSSR count). The molecule has 0 spiro atoms. The summed E-state index contributed by atoms with van der Waals surface area (Å²) in [7, 11) is 0. The van der Waals surface area contributed by atoms with Crippen molar-refractivity contribution < 1.29 is 9.59 Å². The van der Waals surface area contributed by atoms with E-state index in [4.69, 9.17) is 0 Å². The molecule has 35 heavy (non-hydrogen) atoms. The molecular formula is C26H32N6O2S. The highest BCUT2D eigenvalue weighted by Gasteiger charge is 2.24. The predicted molar refractivity (Wildman–Crippen MR) is 139 cm³/mol. The van der Waals surface area contributed by atoms with E-state index in [1.807, 2.05) is 35.2 Å². The molecule has 2 heterocycles. The van der Waals surface area contributed by atoms with Crippen LogP contribution in [-0.2, 0) is 9.59 Å². The number of carbonyl (C=O) groups excluding carboxylic acids is 2. The molecule has 1 fully saturated rings. The lowest BCUT2D eigenvalue weighted by atomic mass is 9.93. The molecule has 2 aromatic carbocycles. The molecule has 0 saturated carbocycles. The van der Waals surface area contributed by atoms with E-state index >= 15 is 0 Å². The Morgan fingerprint density at radius 3 is 2.46 bits per heavy atom. The highest BCUT2D eigenvalue weighted by molar-refractivity contribution is 8.00. The molecule has 1 aliphatic rings. The third kappa shape index (κ3) is 6.48. The summed E-state index contributed by atoms with van der Waals surface area (Å²) in [6, 6.07) is 14.1. The summed E-state index contributed by atoms with van der Waals surface area (Å²) in [5, 5.41) is 17.7. The number of rotatable bonds is 6. The minimum absolute atomic E-state index is 0.00522. The van der Waals surface area contributed by atoms with Gasteiger partial charge in [-0.05, 0) is 47.2 Å². The lowest BCUT2D eigenvalue weighted by Crippen LogP contribution is -2.37. The number of piperidine rings is 1. The number of likely N-dealkylation sites (tertiary alicyclic amines) is 1. The normalized spacial score (nSPS) is 14.7. The number of nitrogens with zero attached hydrogens (tertiary/aromatic N) is 4. The monoisotopic (exact) mass is 492 g/mol. The SMILES string of the molecule is CC(=O)N1CCC(CC(=O)Nc2cc(-c3ccccc3-c3nn[nH]n3)ccc2SC(C)(C)C)CC1. The second-order valence-corrected chi connectivity index (χ2v) is 11.8. The van der Waals surface area contributed by atoms with Crippen LogP contribution in [-0.4, -0.2) is 55.2 Å². The van der Waals surface area contributed by atoms with Crippen LogP contribution in [0.15, 0.2) is 47.4 Å². The number of tetrazole rings is 1. The van der Waals surface area contributed by atoms with E-state index in [1.165, 1.54) is 0 Å². The molecule has 3 aromatic rings. The molecule has 2 N–H and O–H groups in total. The van der Waals surface area contributed by atoms with E-state index in [1.54, 1.807) is 18.7 Å². The second-order valence-electron chi connectivity index (χ2n) is 9.91. The lowest BCUT2D eigenvalue weighted by molar-refractivity contribution is -0.130. The smallest absolute Gasteiger partial charge is 0.224 e. The number of benzene rings is 2. The van der Waals surface area contributed by atoms with Crippen LogP contribution < -0.4 is 5.32 Å². The molecule has 9 heteroatoms. The number of aromatic amines is 1. The molecule has 0 radical (unpaired) electrons. The Kier molecular flexibility index (Phi) is 7.54. The van der Waals surface area contributed by atoms with E-state index in [-0.39, 0.29) is 22.5 Å². The summed E-state index contributed by atoms with van der Waals surface area (Å²) >= 11 is 1.73. The number of amides is 2. The maximum absolute atomic E-state index is 13.1. The number of aromatic nitrogens is 4. The predicted octanol–water partition coefficient (Wildman–Crippen LogP) is 5.01. The topological polar surface area (TPSA) is 104 Å². The maximum atomic E-state index is 13.1. The number of H-pyrrole nitrogens is 1. The largest absolute Gasteiger partial charge is 0.343 e. The fraction of sp³-hybridized carbons (Fsp3) is 0.423. The van der Waals surface area contributed by atoms with Gasteiger partial charge in [0.15, 0.2) is 0 Å². The van der Waals surface area contributed by atoms with Crippen LogP contribution in [0.3, 0.4) is 0 Å². The third-order valence-electron chi connectivity index (χ3n) is 6.03. The number of nitrogens with one attached hydrogen (secondary N) is 2. The van der Waals surface area contributed by atoms with Gasteiger partial charge in [0.05, 0.1) is 5.69 Å². The van der Waals surface area contributed by atoms with Crippen LogP contribution in [0.25, 0.3) is 22.5 Å². The van der Waals surface area contributed by atoms with Crippen LogP contribution in [0.5, 0.6) is 0 Å². The minimum Gasteiger partial charge on any atom is -0.343 e. The van der Waals surface area contributed by atoms with Crippen LogP contribution in [0, 0.1) is 5.92 Å². The molecule has 1 saturated heterocycles. The van der Waals surface area contributed by atoms with Crippen molar-refractivity contribution in [2.24, 2.45) is 5.92 Å². The molecule has 0 unspecified atom stereocenters. The standard InChI is InChI=1S/C26H32N6O2S/c1-17(33)32-13-11-18(12-14-32)15-24(34)27-22-16-19(9-10-23(22)35-26(2,3)4)20-7-5-6-8-21(20)25-28-30-31-29-25/h5-10,16,18H,11-15H2,1-4H3,(H,27,34)(H,28,29,30,31). The first-order valence-electron chi connectivity index (χ1n) is 11.9. The quantitative estimate of drug-likeness (QED) is 0.469. The van der Waals surface area contributed by atoms with Crippen molar-refractivity contribution in [2.45, 2.75) is 56.6 Å². The zero-order chi connectivity index (χ0) is 25.0. The van der Waals surface area contributed by atoms with E-state index in [9.17, 15) is 9.59 Å². The van der Waals surface area contributed by atoms with Gasteiger partial charge in [-0.1, -0.05) is 51.1 Å². The molecule has 0 bridgehead atoms. The summed E-state index contributed by atoms with van der Waals surface area (Å²) in [6.07, 6.45) is 2.17. The Balaban J connectivity index is 1.58. The van der Waals surface area contributed by atoms with E-state index in [2.05, 4.69) is 58.8 Å². The maximum Gasteiger partial charge on any atom is 0.224 e. The fourth-order valence-electron chi connectivity index (χ4n) is 4.34. The highest BCUT2D eigenvalue weighted by atomic mass is 32.2. The van der Waals surface area contributed by atoms with E-state index in [0.29, 0.717) is 12.2 Å². The van der Waals surface area contributed by atoms with Crippen molar-refractivity contribution in [3.05, 3.63) is 42.5 Å². The fourth-order valence-corrected chi connectivity index (χ4v) is 5.35. The van der Waals surface area contributed by atoms with Crippen molar-refractivity contribution in [3.8, 4) is 22.5 Å². The van der Waals surface area contributed by atoms with Gasteiger partial charge >= 0.3 is 0 Å². The molecular weight excluding hydrogens is 460 g/mol. The molecule has 1 aliphatic heterocycles. The van der Waals surface area contributed by atoms with Gasteiger partial charge in [0.1, 0.15) is 0 Å². The van der Waals surface area contributed by atoms with Crippen molar-refractivity contribution in [2.75, 3.05) is 18.4 Å². The Morgan fingerprint density at radius 1 is 1.11 bits per heavy atom.